The van der Waals surface area contributed by atoms with Gasteiger partial charge in [0.2, 0.25) is 11.1 Å². The Labute approximate surface area is 211 Å². The van der Waals surface area contributed by atoms with Crippen molar-refractivity contribution in [3.05, 3.63) is 101 Å². The summed E-state index contributed by atoms with van der Waals surface area (Å²) in [6.45, 7) is 1.82. The molecule has 2 N–H and O–H groups in total. The summed E-state index contributed by atoms with van der Waals surface area (Å²) in [5.74, 6) is 0.814. The van der Waals surface area contributed by atoms with Gasteiger partial charge in [-0.3, -0.25) is 9.78 Å². The fraction of sp³-hybridized carbons (Fsp3) is 0.154. The number of carbonyl (C=O) groups is 1. The van der Waals surface area contributed by atoms with Crippen molar-refractivity contribution in [2.45, 2.75) is 23.9 Å². The number of rotatable bonds is 7. The number of pyridine rings is 1. The number of allylic oxidation sites excluding steroid dienone is 1. The van der Waals surface area contributed by atoms with Crippen molar-refractivity contribution in [2.24, 2.45) is 0 Å². The Morgan fingerprint density at radius 3 is 2.69 bits per heavy atom. The summed E-state index contributed by atoms with van der Waals surface area (Å²) >= 11 is 1.32. The molecule has 1 unspecified atom stereocenters. The third-order valence-electron chi connectivity index (χ3n) is 5.72. The van der Waals surface area contributed by atoms with Crippen LogP contribution in [0.5, 0.6) is 5.75 Å². The molecule has 4 aromatic rings. The highest BCUT2D eigenvalue weighted by atomic mass is 32.2. The van der Waals surface area contributed by atoms with E-state index in [0.29, 0.717) is 50.8 Å². The van der Waals surface area contributed by atoms with Gasteiger partial charge in [-0.1, -0.05) is 48.2 Å². The van der Waals surface area contributed by atoms with E-state index in [4.69, 9.17) is 4.74 Å². The van der Waals surface area contributed by atoms with Crippen molar-refractivity contribution in [3.63, 3.8) is 0 Å². The molecule has 0 radical (unpaired) electrons. The molecular weight excluding hydrogens is 479 g/mol. The van der Waals surface area contributed by atoms with Crippen LogP contribution in [0.25, 0.3) is 0 Å². The zero-order chi connectivity index (χ0) is 25.1. The number of hydrogen-bond acceptors (Lipinski definition) is 7. The first-order valence-electron chi connectivity index (χ1n) is 11.2. The molecule has 1 aliphatic rings. The molecule has 5 rings (SSSR count). The first-order valence-corrected chi connectivity index (χ1v) is 12.2. The molecule has 0 saturated heterocycles. The van der Waals surface area contributed by atoms with E-state index in [-0.39, 0.29) is 11.7 Å². The molecule has 3 heterocycles. The summed E-state index contributed by atoms with van der Waals surface area (Å²) in [4.78, 5) is 22.7. The molecule has 0 fully saturated rings. The van der Waals surface area contributed by atoms with Gasteiger partial charge < -0.3 is 15.4 Å². The van der Waals surface area contributed by atoms with Crippen LogP contribution in [0.1, 0.15) is 24.2 Å². The Balaban J connectivity index is 1.48. The standard InChI is InChI=1S/C26H23FN6O2S/c1-16-22(24(34)30-19-11-5-6-13-21(19)35-2)23(20-12-7-8-14-28-20)33-25(29-16)31-26(32-33)36-15-17-9-3-4-10-18(17)27/h3-14,23H,15H2,1-2H3,(H,30,34)(H,29,31,32). The van der Waals surface area contributed by atoms with Crippen molar-refractivity contribution in [3.8, 4) is 5.75 Å². The lowest BCUT2D eigenvalue weighted by Crippen LogP contribution is -2.32. The molecule has 2 aromatic heterocycles. The lowest BCUT2D eigenvalue weighted by atomic mass is 9.98. The number of thioether (sulfide) groups is 1. The molecule has 0 saturated carbocycles. The normalized spacial score (nSPS) is 14.7. The predicted octanol–water partition coefficient (Wildman–Crippen LogP) is 5.04. The first kappa shape index (κ1) is 23.6. The Morgan fingerprint density at radius 1 is 1.14 bits per heavy atom. The fourth-order valence-electron chi connectivity index (χ4n) is 3.99. The Bertz CT molecular complexity index is 1440. The maximum absolute atomic E-state index is 14.1. The second kappa shape index (κ2) is 10.2. The number of hydrogen-bond donors (Lipinski definition) is 2. The number of para-hydroxylation sites is 2. The summed E-state index contributed by atoms with van der Waals surface area (Å²) in [6, 6.07) is 18.7. The van der Waals surface area contributed by atoms with Crippen LogP contribution in [-0.4, -0.2) is 32.8 Å². The van der Waals surface area contributed by atoms with Crippen molar-refractivity contribution in [1.82, 2.24) is 19.7 Å². The third-order valence-corrected chi connectivity index (χ3v) is 6.60. The molecule has 8 nitrogen and oxygen atoms in total. The zero-order valence-corrected chi connectivity index (χ0v) is 20.4. The van der Waals surface area contributed by atoms with Crippen LogP contribution in [0.2, 0.25) is 0 Å². The number of aromatic nitrogens is 4. The fourth-order valence-corrected chi connectivity index (χ4v) is 4.81. The van der Waals surface area contributed by atoms with Gasteiger partial charge in [-0.15, -0.1) is 5.10 Å². The molecule has 36 heavy (non-hydrogen) atoms. The predicted molar refractivity (Wildman–Crippen MR) is 136 cm³/mol. The summed E-state index contributed by atoms with van der Waals surface area (Å²) in [5, 5.41) is 11.3. The summed E-state index contributed by atoms with van der Waals surface area (Å²) in [7, 11) is 1.55. The lowest BCUT2D eigenvalue weighted by molar-refractivity contribution is -0.113. The molecule has 1 atom stereocenters. The first-order chi connectivity index (χ1) is 17.5. The number of ether oxygens (including phenoxy) is 1. The lowest BCUT2D eigenvalue weighted by Gasteiger charge is -2.28. The van der Waals surface area contributed by atoms with Crippen LogP contribution >= 0.6 is 11.8 Å². The van der Waals surface area contributed by atoms with Crippen LogP contribution in [0.4, 0.5) is 16.0 Å². The molecule has 0 aliphatic carbocycles. The average Bonchev–Trinajstić information content (AvgIpc) is 3.30. The Kier molecular flexibility index (Phi) is 6.68. The van der Waals surface area contributed by atoms with E-state index in [1.807, 2.05) is 37.3 Å². The van der Waals surface area contributed by atoms with Gasteiger partial charge in [0.15, 0.2) is 0 Å². The van der Waals surface area contributed by atoms with Gasteiger partial charge in [0.25, 0.3) is 5.91 Å². The Hall–Kier alpha value is -4.18. The molecule has 0 spiro atoms. The summed E-state index contributed by atoms with van der Waals surface area (Å²) in [5.41, 5.74) is 2.83. The minimum absolute atomic E-state index is 0.272. The number of amides is 1. The van der Waals surface area contributed by atoms with E-state index in [1.165, 1.54) is 17.8 Å². The maximum Gasteiger partial charge on any atom is 0.256 e. The van der Waals surface area contributed by atoms with Crippen molar-refractivity contribution < 1.29 is 13.9 Å². The van der Waals surface area contributed by atoms with Crippen molar-refractivity contribution in [2.75, 3.05) is 17.7 Å². The second-order valence-electron chi connectivity index (χ2n) is 8.02. The van der Waals surface area contributed by atoms with Gasteiger partial charge in [0, 0.05) is 17.6 Å². The molecule has 1 amide bonds. The van der Waals surface area contributed by atoms with E-state index < -0.39 is 6.04 Å². The Morgan fingerprint density at radius 2 is 1.92 bits per heavy atom. The van der Waals surface area contributed by atoms with Crippen LogP contribution in [0.3, 0.4) is 0 Å². The van der Waals surface area contributed by atoms with E-state index >= 15 is 0 Å². The van der Waals surface area contributed by atoms with Gasteiger partial charge in [-0.05, 0) is 42.8 Å². The van der Waals surface area contributed by atoms with E-state index in [0.717, 1.165) is 0 Å². The highest BCUT2D eigenvalue weighted by molar-refractivity contribution is 7.98. The van der Waals surface area contributed by atoms with Gasteiger partial charge in [-0.25, -0.2) is 9.07 Å². The minimum Gasteiger partial charge on any atom is -0.495 e. The van der Waals surface area contributed by atoms with Gasteiger partial charge >= 0.3 is 0 Å². The van der Waals surface area contributed by atoms with Crippen LogP contribution in [0, 0.1) is 5.82 Å². The van der Waals surface area contributed by atoms with Crippen LogP contribution in [0.15, 0.2) is 89.4 Å². The number of halogens is 1. The number of carbonyl (C=O) groups excluding carboxylic acids is 1. The molecular formula is C26H23FN6O2S. The van der Waals surface area contributed by atoms with Crippen LogP contribution in [-0.2, 0) is 10.5 Å². The monoisotopic (exact) mass is 502 g/mol. The quantitative estimate of drug-likeness (QED) is 0.342. The highest BCUT2D eigenvalue weighted by Crippen LogP contribution is 2.37. The second-order valence-corrected chi connectivity index (χ2v) is 8.96. The number of fused-ring (bicyclic) bond motifs is 1. The number of benzene rings is 2. The molecule has 10 heteroatoms. The van der Waals surface area contributed by atoms with Crippen molar-refractivity contribution >= 4 is 29.3 Å². The zero-order valence-electron chi connectivity index (χ0n) is 19.6. The third kappa shape index (κ3) is 4.67. The van der Waals surface area contributed by atoms with Crippen LogP contribution < -0.4 is 15.4 Å². The van der Waals surface area contributed by atoms with E-state index in [2.05, 4.69) is 25.7 Å². The topological polar surface area (TPSA) is 94.0 Å². The maximum atomic E-state index is 14.1. The SMILES string of the molecule is COc1ccccc1NC(=O)C1=C(C)Nc2nc(SCc3ccccc3F)nn2C1c1ccccn1. The van der Waals surface area contributed by atoms with Gasteiger partial charge in [-0.2, -0.15) is 4.98 Å². The number of methoxy groups -OCH3 is 1. The minimum atomic E-state index is -0.618. The summed E-state index contributed by atoms with van der Waals surface area (Å²) in [6.07, 6.45) is 1.67. The molecule has 182 valence electrons. The van der Waals surface area contributed by atoms with Crippen molar-refractivity contribution in [1.29, 1.82) is 0 Å². The number of nitrogens with one attached hydrogen (secondary N) is 2. The highest BCUT2D eigenvalue weighted by Gasteiger charge is 2.35. The van der Waals surface area contributed by atoms with Gasteiger partial charge in [0.1, 0.15) is 17.6 Å². The number of anilines is 2. The number of nitrogens with zero attached hydrogens (tertiary/aromatic N) is 4. The van der Waals surface area contributed by atoms with E-state index in [1.54, 1.807) is 48.3 Å². The molecule has 2 aromatic carbocycles. The molecule has 1 aliphatic heterocycles. The van der Waals surface area contributed by atoms with E-state index in [9.17, 15) is 9.18 Å². The van der Waals surface area contributed by atoms with Gasteiger partial charge in [0.05, 0.1) is 24.1 Å². The molecule has 0 bridgehead atoms. The average molecular weight is 503 g/mol. The smallest absolute Gasteiger partial charge is 0.256 e. The largest absolute Gasteiger partial charge is 0.495 e. The summed E-state index contributed by atoms with van der Waals surface area (Å²) < 4.78 is 21.1.